The van der Waals surface area contributed by atoms with Crippen molar-refractivity contribution in [3.8, 4) is 0 Å². The van der Waals surface area contributed by atoms with E-state index in [1.54, 1.807) is 12.1 Å². The fraction of sp³-hybridized carbons (Fsp3) is 0.583. The predicted molar refractivity (Wildman–Crippen MR) is 117 cm³/mol. The molecule has 0 N–H and O–H groups in total. The molecule has 0 unspecified atom stereocenters. The van der Waals surface area contributed by atoms with Gasteiger partial charge in [0.25, 0.3) is 0 Å². The second-order valence-electron chi connectivity index (χ2n) is 7.87. The van der Waals surface area contributed by atoms with Crippen LogP contribution in [0.5, 0.6) is 0 Å². The molecule has 0 saturated heterocycles. The SMILES string of the molecule is CCCCCCCc1ccc2ccc(S(=O)(=O)[O-])cc2c1CCCCCCC.[Na+]. The average molecular weight is 427 g/mol. The van der Waals surface area contributed by atoms with Crippen LogP contribution in [0.4, 0.5) is 0 Å². The first kappa shape index (κ1) is 26.6. The van der Waals surface area contributed by atoms with Gasteiger partial charge in [0.1, 0.15) is 10.1 Å². The normalized spacial score (nSPS) is 11.6. The van der Waals surface area contributed by atoms with Gasteiger partial charge in [0.15, 0.2) is 0 Å². The van der Waals surface area contributed by atoms with Gasteiger partial charge in [-0.05, 0) is 59.7 Å². The standard InChI is InChI=1S/C24H36O3S.Na/c1-3-5-7-9-11-13-20-15-16-21-17-18-22(28(25,26)27)19-24(21)23(20)14-12-10-8-6-4-2;/h15-19H,3-14H2,1-2H3,(H,25,26,27);/q;+1/p-1. The third-order valence-corrected chi connectivity index (χ3v) is 6.40. The predicted octanol–water partition coefficient (Wildman–Crippen LogP) is 3.77. The number of unbranched alkanes of at least 4 members (excludes halogenated alkanes) is 8. The van der Waals surface area contributed by atoms with Crippen molar-refractivity contribution >= 4 is 20.9 Å². The van der Waals surface area contributed by atoms with Crippen LogP contribution in [-0.4, -0.2) is 13.0 Å². The van der Waals surface area contributed by atoms with E-state index >= 15 is 0 Å². The van der Waals surface area contributed by atoms with E-state index in [0.29, 0.717) is 0 Å². The van der Waals surface area contributed by atoms with E-state index in [1.807, 2.05) is 0 Å². The van der Waals surface area contributed by atoms with Crippen molar-refractivity contribution in [2.24, 2.45) is 0 Å². The fourth-order valence-corrected chi connectivity index (χ4v) is 4.41. The van der Waals surface area contributed by atoms with E-state index in [0.717, 1.165) is 36.5 Å². The molecule has 0 radical (unpaired) electrons. The second-order valence-corrected chi connectivity index (χ2v) is 9.25. The number of rotatable bonds is 13. The Hall–Kier alpha value is -0.390. The molecule has 156 valence electrons. The molecule has 0 amide bonds. The third-order valence-electron chi connectivity index (χ3n) is 5.57. The summed E-state index contributed by atoms with van der Waals surface area (Å²) in [6.07, 6.45) is 14.2. The maximum atomic E-state index is 11.5. The molecule has 2 aromatic rings. The molecule has 29 heavy (non-hydrogen) atoms. The summed E-state index contributed by atoms with van der Waals surface area (Å²) >= 11 is 0. The minimum atomic E-state index is -4.43. The molecule has 0 heterocycles. The smallest absolute Gasteiger partial charge is 0.744 e. The van der Waals surface area contributed by atoms with E-state index in [4.69, 9.17) is 0 Å². The molecule has 0 aliphatic heterocycles. The van der Waals surface area contributed by atoms with Crippen LogP contribution in [0.25, 0.3) is 10.8 Å². The zero-order valence-electron chi connectivity index (χ0n) is 18.5. The van der Waals surface area contributed by atoms with Gasteiger partial charge in [0.05, 0.1) is 4.90 Å². The van der Waals surface area contributed by atoms with E-state index in [1.165, 1.54) is 68.6 Å². The summed E-state index contributed by atoms with van der Waals surface area (Å²) in [4.78, 5) is -0.118. The Bertz CT molecular complexity index is 847. The van der Waals surface area contributed by atoms with Gasteiger partial charge in [0, 0.05) is 0 Å². The van der Waals surface area contributed by atoms with Crippen LogP contribution in [0, 0.1) is 0 Å². The summed E-state index contributed by atoms with van der Waals surface area (Å²) in [5.74, 6) is 0. The van der Waals surface area contributed by atoms with E-state index in [-0.39, 0.29) is 34.5 Å². The van der Waals surface area contributed by atoms with Crippen LogP contribution < -0.4 is 29.6 Å². The van der Waals surface area contributed by atoms with Crippen molar-refractivity contribution in [1.82, 2.24) is 0 Å². The largest absolute Gasteiger partial charge is 1.00 e. The second kappa shape index (κ2) is 13.8. The monoisotopic (exact) mass is 426 g/mol. The summed E-state index contributed by atoms with van der Waals surface area (Å²) < 4.78 is 34.6. The number of fused-ring (bicyclic) bond motifs is 1. The number of benzene rings is 2. The third kappa shape index (κ3) is 8.70. The van der Waals surface area contributed by atoms with Crippen molar-refractivity contribution in [2.75, 3.05) is 0 Å². The fourth-order valence-electron chi connectivity index (χ4n) is 3.92. The van der Waals surface area contributed by atoms with Crippen LogP contribution in [0.2, 0.25) is 0 Å². The summed E-state index contributed by atoms with van der Waals surface area (Å²) in [5, 5.41) is 1.96. The van der Waals surface area contributed by atoms with Crippen LogP contribution >= 0.6 is 0 Å². The maximum Gasteiger partial charge on any atom is 1.00 e. The Labute approximate surface area is 199 Å². The molecular formula is C24H35NaO3S. The molecule has 0 aliphatic rings. The molecule has 0 fully saturated rings. The Morgan fingerprint density at radius 3 is 1.90 bits per heavy atom. The molecule has 3 nitrogen and oxygen atoms in total. The number of aryl methyl sites for hydroxylation is 2. The maximum absolute atomic E-state index is 11.5. The average Bonchev–Trinajstić information content (AvgIpc) is 2.67. The molecule has 5 heteroatoms. The summed E-state index contributed by atoms with van der Waals surface area (Å²) in [5.41, 5.74) is 2.56. The molecule has 0 aliphatic carbocycles. The van der Waals surface area contributed by atoms with Gasteiger partial charge < -0.3 is 4.55 Å². The first-order chi connectivity index (χ1) is 13.5. The summed E-state index contributed by atoms with van der Waals surface area (Å²) in [7, 11) is -4.43. The molecule has 0 aromatic heterocycles. The molecule has 0 atom stereocenters. The van der Waals surface area contributed by atoms with Crippen LogP contribution in [0.1, 0.15) is 89.2 Å². The molecule has 2 aromatic carbocycles. The van der Waals surface area contributed by atoms with Crippen molar-refractivity contribution < 1.29 is 42.5 Å². The van der Waals surface area contributed by atoms with Gasteiger partial charge >= 0.3 is 29.6 Å². The van der Waals surface area contributed by atoms with Gasteiger partial charge in [-0.25, -0.2) is 8.42 Å². The quantitative estimate of drug-likeness (QED) is 0.278. The van der Waals surface area contributed by atoms with Gasteiger partial charge in [-0.2, -0.15) is 0 Å². The van der Waals surface area contributed by atoms with Crippen LogP contribution in [0.15, 0.2) is 35.2 Å². The van der Waals surface area contributed by atoms with E-state index in [2.05, 4.69) is 26.0 Å². The minimum absolute atomic E-state index is 0. The van der Waals surface area contributed by atoms with E-state index in [9.17, 15) is 13.0 Å². The molecule has 0 spiro atoms. The van der Waals surface area contributed by atoms with Gasteiger partial charge in [0.2, 0.25) is 0 Å². The molecular weight excluding hydrogens is 391 g/mol. The van der Waals surface area contributed by atoms with Gasteiger partial charge in [-0.3, -0.25) is 0 Å². The van der Waals surface area contributed by atoms with Gasteiger partial charge in [-0.1, -0.05) is 83.4 Å². The topological polar surface area (TPSA) is 57.2 Å². The summed E-state index contributed by atoms with van der Waals surface area (Å²) in [6, 6.07) is 9.07. The number of hydrogen-bond donors (Lipinski definition) is 0. The zero-order chi connectivity index (χ0) is 20.4. The minimum Gasteiger partial charge on any atom is -0.744 e. The van der Waals surface area contributed by atoms with E-state index < -0.39 is 10.1 Å². The Morgan fingerprint density at radius 2 is 1.31 bits per heavy atom. The molecule has 2 rings (SSSR count). The molecule has 0 bridgehead atoms. The van der Waals surface area contributed by atoms with Gasteiger partial charge in [-0.15, -0.1) is 0 Å². The molecule has 0 saturated carbocycles. The van der Waals surface area contributed by atoms with Crippen molar-refractivity contribution in [3.63, 3.8) is 0 Å². The zero-order valence-corrected chi connectivity index (χ0v) is 21.3. The first-order valence-corrected chi connectivity index (χ1v) is 12.4. The number of hydrogen-bond acceptors (Lipinski definition) is 3. The van der Waals surface area contributed by atoms with Crippen LogP contribution in [0.3, 0.4) is 0 Å². The first-order valence-electron chi connectivity index (χ1n) is 11.0. The van der Waals surface area contributed by atoms with Crippen molar-refractivity contribution in [2.45, 2.75) is 95.8 Å². The summed E-state index contributed by atoms with van der Waals surface area (Å²) in [6.45, 7) is 4.44. The Balaban J connectivity index is 0.00000420. The Morgan fingerprint density at radius 1 is 0.759 bits per heavy atom. The van der Waals surface area contributed by atoms with Crippen LogP contribution in [-0.2, 0) is 23.0 Å². The van der Waals surface area contributed by atoms with Crippen molar-refractivity contribution in [1.29, 1.82) is 0 Å². The van der Waals surface area contributed by atoms with Crippen molar-refractivity contribution in [3.05, 3.63) is 41.5 Å². The Kier molecular flexibility index (Phi) is 12.7.